The van der Waals surface area contributed by atoms with E-state index in [1.807, 2.05) is 29.8 Å². The van der Waals surface area contributed by atoms with E-state index in [0.717, 1.165) is 32.2 Å². The standard InChI is InChI=1S/C14H22N2O2/c1-2-16-9-5-6-12(16)13(18)15-10-14(11-17)7-3-4-8-14/h5-6,9,17H,2-4,7-8,10-11H2,1H3,(H,15,18). The lowest BCUT2D eigenvalue weighted by atomic mass is 9.87. The average Bonchev–Trinajstić information content (AvgIpc) is 3.05. The van der Waals surface area contributed by atoms with Crippen molar-refractivity contribution in [2.75, 3.05) is 13.2 Å². The number of nitrogens with zero attached hydrogens (tertiary/aromatic N) is 1. The number of carbonyl (C=O) groups is 1. The predicted molar refractivity (Wildman–Crippen MR) is 70.4 cm³/mol. The molecule has 18 heavy (non-hydrogen) atoms. The molecule has 1 fully saturated rings. The minimum absolute atomic E-state index is 0.0402. The second kappa shape index (κ2) is 5.57. The summed E-state index contributed by atoms with van der Waals surface area (Å²) < 4.78 is 1.93. The van der Waals surface area contributed by atoms with Gasteiger partial charge in [0.25, 0.3) is 5.91 Å². The number of nitrogens with one attached hydrogen (secondary N) is 1. The van der Waals surface area contributed by atoms with Gasteiger partial charge in [-0.25, -0.2) is 0 Å². The van der Waals surface area contributed by atoms with E-state index in [1.165, 1.54) is 0 Å². The minimum Gasteiger partial charge on any atom is -0.396 e. The Labute approximate surface area is 108 Å². The van der Waals surface area contributed by atoms with Gasteiger partial charge in [0.1, 0.15) is 5.69 Å². The van der Waals surface area contributed by atoms with Crippen LogP contribution in [-0.2, 0) is 6.54 Å². The number of hydrogen-bond donors (Lipinski definition) is 2. The molecule has 2 N–H and O–H groups in total. The summed E-state index contributed by atoms with van der Waals surface area (Å²) in [6.07, 6.45) is 6.24. The van der Waals surface area contributed by atoms with Crippen LogP contribution in [0, 0.1) is 5.41 Å². The third kappa shape index (κ3) is 2.58. The van der Waals surface area contributed by atoms with Gasteiger partial charge in [0.05, 0.1) is 6.61 Å². The van der Waals surface area contributed by atoms with E-state index in [-0.39, 0.29) is 17.9 Å². The van der Waals surface area contributed by atoms with Crippen molar-refractivity contribution in [3.63, 3.8) is 0 Å². The first-order valence-corrected chi connectivity index (χ1v) is 6.75. The van der Waals surface area contributed by atoms with Gasteiger partial charge in [-0.1, -0.05) is 12.8 Å². The molecule has 0 bridgehead atoms. The SMILES string of the molecule is CCn1cccc1C(=O)NCC1(CO)CCCC1. The van der Waals surface area contributed by atoms with Gasteiger partial charge in [0.15, 0.2) is 0 Å². The highest BCUT2D eigenvalue weighted by Crippen LogP contribution is 2.36. The predicted octanol–water partition coefficient (Wildman–Crippen LogP) is 1.79. The molecule has 1 aliphatic rings. The van der Waals surface area contributed by atoms with Gasteiger partial charge in [-0.05, 0) is 31.9 Å². The Morgan fingerprint density at radius 2 is 2.22 bits per heavy atom. The Morgan fingerprint density at radius 1 is 1.50 bits per heavy atom. The maximum Gasteiger partial charge on any atom is 0.267 e. The lowest BCUT2D eigenvalue weighted by molar-refractivity contribution is 0.0872. The van der Waals surface area contributed by atoms with E-state index in [0.29, 0.717) is 12.2 Å². The molecule has 4 nitrogen and oxygen atoms in total. The number of carbonyl (C=O) groups excluding carboxylic acids is 1. The summed E-state index contributed by atoms with van der Waals surface area (Å²) in [5.74, 6) is -0.0402. The number of rotatable bonds is 5. The summed E-state index contributed by atoms with van der Waals surface area (Å²) in [7, 11) is 0. The molecule has 1 saturated carbocycles. The Hall–Kier alpha value is -1.29. The molecule has 100 valence electrons. The Balaban J connectivity index is 1.96. The zero-order valence-corrected chi connectivity index (χ0v) is 11.0. The molecule has 1 amide bonds. The topological polar surface area (TPSA) is 54.3 Å². The molecule has 0 aromatic carbocycles. The number of aryl methyl sites for hydroxylation is 1. The quantitative estimate of drug-likeness (QED) is 0.837. The fraction of sp³-hybridized carbons (Fsp3) is 0.643. The Morgan fingerprint density at radius 3 is 2.83 bits per heavy atom. The van der Waals surface area contributed by atoms with Gasteiger partial charge in [-0.15, -0.1) is 0 Å². The van der Waals surface area contributed by atoms with E-state index in [2.05, 4.69) is 5.32 Å². The normalized spacial score (nSPS) is 17.9. The molecule has 0 spiro atoms. The zero-order valence-electron chi connectivity index (χ0n) is 11.0. The van der Waals surface area contributed by atoms with E-state index < -0.39 is 0 Å². The van der Waals surface area contributed by atoms with E-state index in [4.69, 9.17) is 0 Å². The fourth-order valence-corrected chi connectivity index (χ4v) is 2.77. The molecule has 1 aromatic heterocycles. The highest BCUT2D eigenvalue weighted by atomic mass is 16.3. The molecule has 2 rings (SSSR count). The largest absolute Gasteiger partial charge is 0.396 e. The van der Waals surface area contributed by atoms with Gasteiger partial charge >= 0.3 is 0 Å². The molecule has 1 aliphatic carbocycles. The number of hydrogen-bond acceptors (Lipinski definition) is 2. The van der Waals surface area contributed by atoms with Crippen LogP contribution in [0.1, 0.15) is 43.1 Å². The minimum atomic E-state index is -0.0840. The molecule has 1 aromatic rings. The molecule has 0 aliphatic heterocycles. The van der Waals surface area contributed by atoms with Crippen LogP contribution in [0.5, 0.6) is 0 Å². The summed E-state index contributed by atoms with van der Waals surface area (Å²) in [5.41, 5.74) is 0.614. The molecule has 0 radical (unpaired) electrons. The summed E-state index contributed by atoms with van der Waals surface area (Å²) in [6.45, 7) is 3.56. The van der Waals surface area contributed by atoms with Crippen molar-refractivity contribution >= 4 is 5.91 Å². The first-order valence-electron chi connectivity index (χ1n) is 6.75. The van der Waals surface area contributed by atoms with Crippen molar-refractivity contribution in [1.82, 2.24) is 9.88 Å². The van der Waals surface area contributed by atoms with Crippen molar-refractivity contribution in [2.45, 2.75) is 39.2 Å². The van der Waals surface area contributed by atoms with E-state index >= 15 is 0 Å². The first-order chi connectivity index (χ1) is 8.71. The zero-order chi connectivity index (χ0) is 13.0. The van der Waals surface area contributed by atoms with Crippen LogP contribution in [0.15, 0.2) is 18.3 Å². The van der Waals surface area contributed by atoms with Crippen LogP contribution >= 0.6 is 0 Å². The summed E-state index contributed by atoms with van der Waals surface area (Å²) in [5, 5.41) is 12.5. The molecule has 0 atom stereocenters. The molecular formula is C14H22N2O2. The molecular weight excluding hydrogens is 228 g/mol. The Bertz CT molecular complexity index is 406. The summed E-state index contributed by atoms with van der Waals surface area (Å²) in [4.78, 5) is 12.1. The van der Waals surface area contributed by atoms with Crippen LogP contribution in [-0.4, -0.2) is 28.7 Å². The Kier molecular flexibility index (Phi) is 4.07. The van der Waals surface area contributed by atoms with Crippen LogP contribution in [0.25, 0.3) is 0 Å². The van der Waals surface area contributed by atoms with E-state index in [9.17, 15) is 9.90 Å². The van der Waals surface area contributed by atoms with Crippen LogP contribution in [0.3, 0.4) is 0 Å². The monoisotopic (exact) mass is 250 g/mol. The van der Waals surface area contributed by atoms with E-state index in [1.54, 1.807) is 0 Å². The summed E-state index contributed by atoms with van der Waals surface area (Å²) >= 11 is 0. The van der Waals surface area contributed by atoms with Gasteiger partial charge < -0.3 is 15.0 Å². The summed E-state index contributed by atoms with van der Waals surface area (Å²) in [6, 6.07) is 3.72. The molecule has 4 heteroatoms. The molecule has 0 unspecified atom stereocenters. The second-order valence-corrected chi connectivity index (χ2v) is 5.23. The van der Waals surface area contributed by atoms with Crippen molar-refractivity contribution < 1.29 is 9.90 Å². The maximum absolute atomic E-state index is 12.1. The highest BCUT2D eigenvalue weighted by Gasteiger charge is 2.33. The van der Waals surface area contributed by atoms with Crippen LogP contribution < -0.4 is 5.32 Å². The van der Waals surface area contributed by atoms with Gasteiger partial charge in [0, 0.05) is 24.7 Å². The smallest absolute Gasteiger partial charge is 0.267 e. The number of amides is 1. The molecule has 0 saturated heterocycles. The van der Waals surface area contributed by atoms with Gasteiger partial charge in [-0.2, -0.15) is 0 Å². The first kappa shape index (κ1) is 13.1. The van der Waals surface area contributed by atoms with Crippen LogP contribution in [0.2, 0.25) is 0 Å². The van der Waals surface area contributed by atoms with Crippen LogP contribution in [0.4, 0.5) is 0 Å². The van der Waals surface area contributed by atoms with Gasteiger partial charge in [0.2, 0.25) is 0 Å². The number of aliphatic hydroxyl groups is 1. The third-order valence-corrected chi connectivity index (χ3v) is 4.03. The van der Waals surface area contributed by atoms with Crippen molar-refractivity contribution in [1.29, 1.82) is 0 Å². The lowest BCUT2D eigenvalue weighted by Gasteiger charge is -2.26. The maximum atomic E-state index is 12.1. The van der Waals surface area contributed by atoms with Crippen molar-refractivity contribution in [2.24, 2.45) is 5.41 Å². The van der Waals surface area contributed by atoms with Gasteiger partial charge in [-0.3, -0.25) is 4.79 Å². The third-order valence-electron chi connectivity index (χ3n) is 4.03. The lowest BCUT2D eigenvalue weighted by Crippen LogP contribution is -2.38. The van der Waals surface area contributed by atoms with Crippen molar-refractivity contribution in [3.8, 4) is 0 Å². The second-order valence-electron chi connectivity index (χ2n) is 5.23. The highest BCUT2D eigenvalue weighted by molar-refractivity contribution is 5.92. The average molecular weight is 250 g/mol. The number of aromatic nitrogens is 1. The fourth-order valence-electron chi connectivity index (χ4n) is 2.77. The van der Waals surface area contributed by atoms with Crippen molar-refractivity contribution in [3.05, 3.63) is 24.0 Å². The molecule has 1 heterocycles. The number of aliphatic hydroxyl groups excluding tert-OH is 1.